The third-order valence-electron chi connectivity index (χ3n) is 3.73. The van der Waals surface area contributed by atoms with Crippen molar-refractivity contribution in [2.45, 2.75) is 69.1 Å². The molecule has 0 radical (unpaired) electrons. The van der Waals surface area contributed by atoms with E-state index in [-0.39, 0.29) is 12.3 Å². The van der Waals surface area contributed by atoms with E-state index >= 15 is 0 Å². The van der Waals surface area contributed by atoms with Gasteiger partial charge in [-0.1, -0.05) is 0 Å². The molecule has 1 aliphatic heterocycles. The highest BCUT2D eigenvalue weighted by Crippen LogP contribution is 2.03. The first-order valence-corrected chi connectivity index (χ1v) is 8.81. The average molecular weight is 411 g/mol. The van der Waals surface area contributed by atoms with Crippen molar-refractivity contribution in [1.82, 2.24) is 5.32 Å². The second-order valence-corrected chi connectivity index (χ2v) is 6.21. The number of nitrogens with two attached hydrogens (primary N) is 2. The van der Waals surface area contributed by atoms with Crippen molar-refractivity contribution in [2.75, 3.05) is 13.1 Å². The fraction of sp³-hybridized carbons (Fsp3) is 0.812. The minimum absolute atomic E-state index is 0.0935. The highest BCUT2D eigenvalue weighted by molar-refractivity contribution is 5.73. The summed E-state index contributed by atoms with van der Waals surface area (Å²) in [5.41, 5.74) is 10.3. The first kappa shape index (κ1) is 28.5. The highest BCUT2D eigenvalue weighted by Gasteiger charge is 2.27. The van der Waals surface area contributed by atoms with Crippen LogP contribution in [0.1, 0.15) is 32.6 Å². The van der Waals surface area contributed by atoms with Crippen molar-refractivity contribution < 1.29 is 45.0 Å². The molecule has 28 heavy (non-hydrogen) atoms. The Morgan fingerprint density at radius 1 is 1.18 bits per heavy atom. The van der Waals surface area contributed by atoms with E-state index in [4.69, 9.17) is 42.1 Å². The quantitative estimate of drug-likeness (QED) is 0.169. The lowest BCUT2D eigenvalue weighted by Crippen LogP contribution is -2.43. The van der Waals surface area contributed by atoms with Gasteiger partial charge in [-0.3, -0.25) is 9.59 Å². The molecule has 0 bridgehead atoms. The lowest BCUT2D eigenvalue weighted by Gasteiger charge is -2.21. The zero-order valence-corrected chi connectivity index (χ0v) is 15.8. The molecule has 1 fully saturated rings. The van der Waals surface area contributed by atoms with Gasteiger partial charge in [-0.05, 0) is 45.7 Å². The minimum atomic E-state index is -1.65. The standard InChI is InChI=1S/C6H12O5.C5H12N2O2.C5H9NO2/c1-3(8)5(10)6(11)4(9)2-7;6-3-1-2-4(7)5(8)9;7-5(8)4-2-1-3-6-4/h2-6,8-11H,1H3;4H,1-3,6-7H2,(H,8,9);4,6H,1-3H2,(H,7,8)/t3-,4-,5-,6-;2*4-/m000/s1. The van der Waals surface area contributed by atoms with Crippen LogP contribution < -0.4 is 16.8 Å². The van der Waals surface area contributed by atoms with E-state index in [0.29, 0.717) is 19.4 Å². The first-order valence-electron chi connectivity index (χ1n) is 8.81. The summed E-state index contributed by atoms with van der Waals surface area (Å²) < 4.78 is 0. The van der Waals surface area contributed by atoms with Crippen LogP contribution >= 0.6 is 0 Å². The van der Waals surface area contributed by atoms with Crippen LogP contribution in [0.2, 0.25) is 0 Å². The summed E-state index contributed by atoms with van der Waals surface area (Å²) in [5, 5.41) is 54.5. The molecule has 11 N–H and O–H groups in total. The van der Waals surface area contributed by atoms with Crippen LogP contribution in [0.15, 0.2) is 0 Å². The molecule has 12 nitrogen and oxygen atoms in total. The number of carbonyl (C=O) groups excluding carboxylic acids is 1. The topological polar surface area (TPSA) is 237 Å². The maximum absolute atomic E-state index is 10.1. The molecular weight excluding hydrogens is 378 g/mol. The molecular formula is C16H33N3O9. The minimum Gasteiger partial charge on any atom is -0.480 e. The van der Waals surface area contributed by atoms with Crippen LogP contribution in [0.4, 0.5) is 0 Å². The van der Waals surface area contributed by atoms with Crippen LogP contribution in [-0.2, 0) is 14.4 Å². The van der Waals surface area contributed by atoms with Crippen molar-refractivity contribution in [3.05, 3.63) is 0 Å². The van der Waals surface area contributed by atoms with Crippen LogP contribution in [0.5, 0.6) is 0 Å². The number of aldehydes is 1. The molecule has 0 aromatic rings. The van der Waals surface area contributed by atoms with E-state index in [0.717, 1.165) is 19.4 Å². The molecule has 166 valence electrons. The molecule has 0 unspecified atom stereocenters. The third kappa shape index (κ3) is 13.5. The summed E-state index contributed by atoms with van der Waals surface area (Å²) in [7, 11) is 0. The Morgan fingerprint density at radius 3 is 2.04 bits per heavy atom. The zero-order chi connectivity index (χ0) is 22.3. The third-order valence-corrected chi connectivity index (χ3v) is 3.73. The number of aliphatic hydroxyl groups is 4. The predicted molar refractivity (Wildman–Crippen MR) is 98.3 cm³/mol. The number of carboxylic acid groups (broad SMARTS) is 2. The number of hydrogen-bond acceptors (Lipinski definition) is 10. The lowest BCUT2D eigenvalue weighted by atomic mass is 10.1. The van der Waals surface area contributed by atoms with Gasteiger partial charge < -0.3 is 52.2 Å². The molecule has 1 heterocycles. The number of aliphatic hydroxyl groups excluding tert-OH is 4. The smallest absolute Gasteiger partial charge is 0.320 e. The molecule has 0 aliphatic carbocycles. The highest BCUT2D eigenvalue weighted by atomic mass is 16.4. The Balaban J connectivity index is 0. The fourth-order valence-electron chi connectivity index (χ4n) is 1.92. The van der Waals surface area contributed by atoms with Gasteiger partial charge in [0, 0.05) is 0 Å². The van der Waals surface area contributed by atoms with Gasteiger partial charge >= 0.3 is 11.9 Å². The Kier molecular flexibility index (Phi) is 16.6. The van der Waals surface area contributed by atoms with Crippen LogP contribution in [-0.4, -0.2) is 98.5 Å². The van der Waals surface area contributed by atoms with E-state index in [1.807, 2.05) is 0 Å². The normalized spacial score (nSPS) is 20.9. The van der Waals surface area contributed by atoms with Crippen molar-refractivity contribution in [3.63, 3.8) is 0 Å². The predicted octanol–water partition coefficient (Wildman–Crippen LogP) is -3.39. The molecule has 0 saturated carbocycles. The van der Waals surface area contributed by atoms with Crippen molar-refractivity contribution in [3.8, 4) is 0 Å². The van der Waals surface area contributed by atoms with Gasteiger partial charge in [0.25, 0.3) is 0 Å². The maximum Gasteiger partial charge on any atom is 0.320 e. The molecule has 1 saturated heterocycles. The summed E-state index contributed by atoms with van der Waals surface area (Å²) in [6.45, 7) is 2.60. The van der Waals surface area contributed by atoms with Crippen LogP contribution in [0.3, 0.4) is 0 Å². The fourth-order valence-corrected chi connectivity index (χ4v) is 1.92. The van der Waals surface area contributed by atoms with Crippen molar-refractivity contribution >= 4 is 18.2 Å². The maximum atomic E-state index is 10.1. The lowest BCUT2D eigenvalue weighted by molar-refractivity contribution is -0.139. The summed E-state index contributed by atoms with van der Waals surface area (Å²) >= 11 is 0. The molecule has 1 rings (SSSR count). The van der Waals surface area contributed by atoms with Crippen LogP contribution in [0, 0.1) is 0 Å². The summed E-state index contributed by atoms with van der Waals surface area (Å²) in [4.78, 5) is 30.0. The van der Waals surface area contributed by atoms with Crippen molar-refractivity contribution in [2.24, 2.45) is 11.5 Å². The van der Waals surface area contributed by atoms with Gasteiger partial charge in [-0.2, -0.15) is 0 Å². The number of nitrogens with one attached hydrogen (secondary N) is 1. The van der Waals surface area contributed by atoms with E-state index in [1.54, 1.807) is 0 Å². The number of rotatable bonds is 9. The van der Waals surface area contributed by atoms with Gasteiger partial charge in [-0.15, -0.1) is 0 Å². The second-order valence-electron chi connectivity index (χ2n) is 6.21. The molecule has 0 aromatic carbocycles. The molecule has 0 amide bonds. The van der Waals surface area contributed by atoms with Crippen molar-refractivity contribution in [1.29, 1.82) is 0 Å². The Bertz CT molecular complexity index is 445. The number of carbonyl (C=O) groups is 3. The average Bonchev–Trinajstić information content (AvgIpc) is 3.20. The van der Waals surface area contributed by atoms with E-state index in [1.165, 1.54) is 6.92 Å². The zero-order valence-electron chi connectivity index (χ0n) is 15.8. The van der Waals surface area contributed by atoms with E-state index < -0.39 is 42.4 Å². The largest absolute Gasteiger partial charge is 0.480 e. The summed E-state index contributed by atoms with van der Waals surface area (Å²) in [6, 6.07) is -1.01. The van der Waals surface area contributed by atoms with Gasteiger partial charge in [0.2, 0.25) is 0 Å². The SMILES string of the molecule is C[C@H](O)[C@H](O)[C@@H](O)[C@@H](O)C=O.NCCC[C@H](N)C(=O)O.O=C(O)[C@@H]1CCCN1. The molecule has 6 atom stereocenters. The molecule has 0 spiro atoms. The van der Waals surface area contributed by atoms with Gasteiger partial charge in [0.15, 0.2) is 6.29 Å². The Hall–Kier alpha value is -1.67. The molecule has 1 aliphatic rings. The first-order chi connectivity index (χ1) is 13.0. The Morgan fingerprint density at radius 2 is 1.75 bits per heavy atom. The van der Waals surface area contributed by atoms with Gasteiger partial charge in [0.05, 0.1) is 6.10 Å². The van der Waals surface area contributed by atoms with Gasteiger partial charge in [-0.25, -0.2) is 0 Å². The molecule has 0 aromatic heterocycles. The van der Waals surface area contributed by atoms with Gasteiger partial charge in [0.1, 0.15) is 30.4 Å². The van der Waals surface area contributed by atoms with E-state index in [2.05, 4.69) is 5.32 Å². The monoisotopic (exact) mass is 411 g/mol. The van der Waals surface area contributed by atoms with Crippen LogP contribution in [0.25, 0.3) is 0 Å². The Labute approximate surface area is 163 Å². The second kappa shape index (κ2) is 16.3. The number of aliphatic carboxylic acids is 2. The summed E-state index contributed by atoms with van der Waals surface area (Å²) in [6.07, 6.45) is -2.95. The van der Waals surface area contributed by atoms with E-state index in [9.17, 15) is 14.4 Å². The molecule has 12 heteroatoms. The summed E-state index contributed by atoms with van der Waals surface area (Å²) in [5.74, 6) is -1.68. The number of carboxylic acids is 2. The number of hydrogen-bond donors (Lipinski definition) is 9.